The molecule has 10 heavy (non-hydrogen) atoms. The summed E-state index contributed by atoms with van der Waals surface area (Å²) in [5.41, 5.74) is 5.33. The molecule has 0 aromatic carbocycles. The zero-order valence-corrected chi connectivity index (χ0v) is 6.40. The molecule has 1 fully saturated rings. The number of hydrogen-bond donors (Lipinski definition) is 3. The first-order valence-electron chi connectivity index (χ1n) is 4.07. The van der Waals surface area contributed by atoms with Crippen LogP contribution in [0.5, 0.6) is 0 Å². The third-order valence-electron chi connectivity index (χ3n) is 1.87. The van der Waals surface area contributed by atoms with E-state index in [0.29, 0.717) is 6.04 Å². The Morgan fingerprint density at radius 1 is 1.60 bits per heavy atom. The summed E-state index contributed by atoms with van der Waals surface area (Å²) in [4.78, 5) is 0. The summed E-state index contributed by atoms with van der Waals surface area (Å²) in [5, 5.41) is 6.70. The van der Waals surface area contributed by atoms with Gasteiger partial charge >= 0.3 is 0 Å². The smallest absolute Gasteiger partial charge is 0.0192 e. The topological polar surface area (TPSA) is 50.1 Å². The summed E-state index contributed by atoms with van der Waals surface area (Å²) in [6.07, 6.45) is 2.65. The van der Waals surface area contributed by atoms with Gasteiger partial charge in [-0.25, -0.2) is 0 Å². The second kappa shape index (κ2) is 4.66. The van der Waals surface area contributed by atoms with E-state index in [2.05, 4.69) is 10.6 Å². The lowest BCUT2D eigenvalue weighted by molar-refractivity contribution is 0.540. The highest BCUT2D eigenvalue weighted by molar-refractivity contribution is 4.75. The van der Waals surface area contributed by atoms with Crippen molar-refractivity contribution >= 4 is 0 Å². The van der Waals surface area contributed by atoms with Crippen LogP contribution in [0.3, 0.4) is 0 Å². The van der Waals surface area contributed by atoms with Crippen molar-refractivity contribution in [2.24, 2.45) is 5.73 Å². The van der Waals surface area contributed by atoms with Crippen molar-refractivity contribution < 1.29 is 0 Å². The summed E-state index contributed by atoms with van der Waals surface area (Å²) in [7, 11) is 0. The minimum Gasteiger partial charge on any atom is -0.329 e. The van der Waals surface area contributed by atoms with Crippen LogP contribution < -0.4 is 16.4 Å². The fraction of sp³-hybridized carbons (Fsp3) is 1.00. The van der Waals surface area contributed by atoms with Gasteiger partial charge < -0.3 is 16.4 Å². The lowest BCUT2D eigenvalue weighted by atomic mass is 10.2. The molecule has 1 rings (SSSR count). The van der Waals surface area contributed by atoms with Gasteiger partial charge in [-0.2, -0.15) is 0 Å². The summed E-state index contributed by atoms with van der Waals surface area (Å²) in [6.45, 7) is 3.96. The highest BCUT2D eigenvalue weighted by Gasteiger charge is 2.11. The van der Waals surface area contributed by atoms with Crippen LogP contribution in [0, 0.1) is 0 Å². The molecule has 1 aliphatic rings. The van der Waals surface area contributed by atoms with Gasteiger partial charge in [0.2, 0.25) is 0 Å². The van der Waals surface area contributed by atoms with E-state index in [1.54, 1.807) is 0 Å². The Hall–Kier alpha value is -0.120. The van der Waals surface area contributed by atoms with Gasteiger partial charge in [0.1, 0.15) is 0 Å². The van der Waals surface area contributed by atoms with Crippen molar-refractivity contribution in [1.29, 1.82) is 0 Å². The summed E-state index contributed by atoms with van der Waals surface area (Å²) in [5.74, 6) is 0. The first-order chi connectivity index (χ1) is 4.93. The zero-order chi connectivity index (χ0) is 7.23. The molecule has 0 saturated carbocycles. The lowest BCUT2D eigenvalue weighted by Gasteiger charge is -2.09. The van der Waals surface area contributed by atoms with E-state index in [1.165, 1.54) is 19.4 Å². The molecule has 0 bridgehead atoms. The van der Waals surface area contributed by atoms with Gasteiger partial charge in [0, 0.05) is 25.7 Å². The van der Waals surface area contributed by atoms with Gasteiger partial charge in [-0.05, 0) is 19.4 Å². The molecule has 1 atom stereocenters. The van der Waals surface area contributed by atoms with Gasteiger partial charge in [-0.1, -0.05) is 0 Å². The third kappa shape index (κ3) is 2.64. The summed E-state index contributed by atoms with van der Waals surface area (Å²) >= 11 is 0. The summed E-state index contributed by atoms with van der Waals surface area (Å²) < 4.78 is 0. The summed E-state index contributed by atoms with van der Waals surface area (Å²) in [6, 6.07) is 0.701. The molecule has 3 heteroatoms. The molecule has 60 valence electrons. The molecule has 0 aromatic heterocycles. The van der Waals surface area contributed by atoms with Crippen molar-refractivity contribution in [1.82, 2.24) is 10.6 Å². The number of hydrogen-bond acceptors (Lipinski definition) is 3. The predicted molar refractivity (Wildman–Crippen MR) is 42.9 cm³/mol. The van der Waals surface area contributed by atoms with E-state index in [4.69, 9.17) is 5.73 Å². The second-order valence-corrected chi connectivity index (χ2v) is 2.79. The highest BCUT2D eigenvalue weighted by Crippen LogP contribution is 2.02. The Bertz CT molecular complexity index is 78.9. The van der Waals surface area contributed by atoms with E-state index in [0.717, 1.165) is 19.6 Å². The molecule has 1 saturated heterocycles. The Labute approximate surface area is 62.4 Å². The molecule has 4 N–H and O–H groups in total. The van der Waals surface area contributed by atoms with Gasteiger partial charge in [-0.15, -0.1) is 0 Å². The van der Waals surface area contributed by atoms with E-state index in [-0.39, 0.29) is 0 Å². The molecule has 0 spiro atoms. The van der Waals surface area contributed by atoms with Crippen molar-refractivity contribution in [3.63, 3.8) is 0 Å². The Kier molecular flexibility index (Phi) is 3.72. The molecular formula is C7H17N3. The van der Waals surface area contributed by atoms with Gasteiger partial charge in [0.05, 0.1) is 0 Å². The van der Waals surface area contributed by atoms with Crippen LogP contribution in [-0.4, -0.2) is 32.2 Å². The fourth-order valence-electron chi connectivity index (χ4n) is 1.31. The molecule has 1 aliphatic heterocycles. The van der Waals surface area contributed by atoms with Crippen molar-refractivity contribution in [2.75, 3.05) is 26.2 Å². The average Bonchev–Trinajstić information content (AvgIpc) is 2.41. The Morgan fingerprint density at radius 3 is 3.10 bits per heavy atom. The van der Waals surface area contributed by atoms with Gasteiger partial charge in [0.15, 0.2) is 0 Å². The van der Waals surface area contributed by atoms with Crippen LogP contribution in [0.15, 0.2) is 0 Å². The van der Waals surface area contributed by atoms with E-state index in [9.17, 15) is 0 Å². The van der Waals surface area contributed by atoms with E-state index >= 15 is 0 Å². The largest absolute Gasteiger partial charge is 0.329 e. The number of rotatable bonds is 4. The average molecular weight is 143 g/mol. The van der Waals surface area contributed by atoms with Crippen LogP contribution in [0.1, 0.15) is 12.8 Å². The molecule has 0 radical (unpaired) electrons. The van der Waals surface area contributed by atoms with Crippen LogP contribution in [-0.2, 0) is 0 Å². The minimum atomic E-state index is 0.701. The first kappa shape index (κ1) is 7.98. The number of nitrogens with two attached hydrogens (primary N) is 1. The SMILES string of the molecule is NCCNCC1CCCN1. The van der Waals surface area contributed by atoms with Gasteiger partial charge in [0.25, 0.3) is 0 Å². The first-order valence-corrected chi connectivity index (χ1v) is 4.07. The minimum absolute atomic E-state index is 0.701. The molecule has 0 aromatic rings. The fourth-order valence-corrected chi connectivity index (χ4v) is 1.31. The molecular weight excluding hydrogens is 126 g/mol. The maximum Gasteiger partial charge on any atom is 0.0192 e. The monoisotopic (exact) mass is 143 g/mol. The normalized spacial score (nSPS) is 25.5. The molecule has 0 aliphatic carbocycles. The standard InChI is InChI=1S/C7H17N3/c8-3-5-9-6-7-2-1-4-10-7/h7,9-10H,1-6,8H2. The molecule has 0 amide bonds. The van der Waals surface area contributed by atoms with Crippen LogP contribution >= 0.6 is 0 Å². The number of nitrogens with one attached hydrogen (secondary N) is 2. The van der Waals surface area contributed by atoms with Crippen LogP contribution in [0.2, 0.25) is 0 Å². The Balaban J connectivity index is 1.91. The lowest BCUT2D eigenvalue weighted by Crippen LogP contribution is -2.36. The Morgan fingerprint density at radius 2 is 2.50 bits per heavy atom. The second-order valence-electron chi connectivity index (χ2n) is 2.79. The predicted octanol–water partition coefficient (Wildman–Crippen LogP) is -0.713. The maximum atomic E-state index is 5.33. The van der Waals surface area contributed by atoms with E-state index < -0.39 is 0 Å². The van der Waals surface area contributed by atoms with E-state index in [1.807, 2.05) is 0 Å². The maximum absolute atomic E-state index is 5.33. The third-order valence-corrected chi connectivity index (χ3v) is 1.87. The van der Waals surface area contributed by atoms with Crippen molar-refractivity contribution in [2.45, 2.75) is 18.9 Å². The van der Waals surface area contributed by atoms with Crippen LogP contribution in [0.25, 0.3) is 0 Å². The zero-order valence-electron chi connectivity index (χ0n) is 6.40. The quantitative estimate of drug-likeness (QED) is 0.456. The molecule has 1 heterocycles. The van der Waals surface area contributed by atoms with Gasteiger partial charge in [-0.3, -0.25) is 0 Å². The van der Waals surface area contributed by atoms with Crippen molar-refractivity contribution in [3.05, 3.63) is 0 Å². The highest BCUT2D eigenvalue weighted by atomic mass is 15.0. The molecule has 3 nitrogen and oxygen atoms in total. The van der Waals surface area contributed by atoms with Crippen molar-refractivity contribution in [3.8, 4) is 0 Å². The van der Waals surface area contributed by atoms with Crippen LogP contribution in [0.4, 0.5) is 0 Å². The molecule has 1 unspecified atom stereocenters.